The van der Waals surface area contributed by atoms with Crippen LogP contribution in [0.2, 0.25) is 0 Å². The van der Waals surface area contributed by atoms with Crippen LogP contribution in [0.25, 0.3) is 0 Å². The zero-order valence-corrected chi connectivity index (χ0v) is 15.6. The van der Waals surface area contributed by atoms with E-state index < -0.39 is 6.03 Å². The Morgan fingerprint density at radius 2 is 2.04 bits per heavy atom. The van der Waals surface area contributed by atoms with Gasteiger partial charge in [-0.15, -0.1) is 0 Å². The Hall–Kier alpha value is -1.60. The summed E-state index contributed by atoms with van der Waals surface area (Å²) in [5.41, 5.74) is 1.02. The fraction of sp³-hybridized carbons (Fsp3) is 0.529. The second kappa shape index (κ2) is 9.03. The van der Waals surface area contributed by atoms with Crippen molar-refractivity contribution in [3.8, 4) is 5.75 Å². The minimum absolute atomic E-state index is 0.0316. The molecule has 0 radical (unpaired) electrons. The number of rotatable bonds is 6. The van der Waals surface area contributed by atoms with Gasteiger partial charge < -0.3 is 15.4 Å². The minimum atomic E-state index is -0.409. The lowest BCUT2D eigenvalue weighted by Gasteiger charge is -2.16. The smallest absolute Gasteiger partial charge is 0.321 e. The summed E-state index contributed by atoms with van der Waals surface area (Å²) in [5, 5.41) is 8.30. The predicted molar refractivity (Wildman–Crippen MR) is 96.0 cm³/mol. The Bertz CT molecular complexity index is 588. The molecular weight excluding hydrogens is 374 g/mol. The Balaban J connectivity index is 1.76. The molecule has 1 fully saturated rings. The number of nitrogens with one attached hydrogen (secondary N) is 3. The lowest BCUT2D eigenvalue weighted by molar-refractivity contribution is -0.119. The van der Waals surface area contributed by atoms with Crippen molar-refractivity contribution in [3.05, 3.63) is 28.2 Å². The van der Waals surface area contributed by atoms with E-state index in [4.69, 9.17) is 4.74 Å². The summed E-state index contributed by atoms with van der Waals surface area (Å²) >= 11 is 3.44. The Kier molecular flexibility index (Phi) is 7.05. The first-order chi connectivity index (χ1) is 11.5. The van der Waals surface area contributed by atoms with E-state index in [1.165, 1.54) is 0 Å². The monoisotopic (exact) mass is 397 g/mol. The number of urea groups is 1. The van der Waals surface area contributed by atoms with Crippen molar-refractivity contribution in [1.82, 2.24) is 16.0 Å². The molecule has 0 aliphatic heterocycles. The molecule has 1 aromatic rings. The van der Waals surface area contributed by atoms with Gasteiger partial charge in [0.25, 0.3) is 0 Å². The van der Waals surface area contributed by atoms with Gasteiger partial charge in [0.1, 0.15) is 5.75 Å². The molecule has 6 nitrogen and oxygen atoms in total. The molecule has 0 aromatic heterocycles. The maximum absolute atomic E-state index is 11.9. The highest BCUT2D eigenvalue weighted by molar-refractivity contribution is 9.10. The average Bonchev–Trinajstić information content (AvgIpc) is 3.05. The molecule has 2 rings (SSSR count). The zero-order chi connectivity index (χ0) is 17.5. The number of amides is 3. The summed E-state index contributed by atoms with van der Waals surface area (Å²) in [6.45, 7) is 2.03. The summed E-state index contributed by atoms with van der Waals surface area (Å²) in [7, 11) is 1.61. The van der Waals surface area contributed by atoms with Gasteiger partial charge in [-0.05, 0) is 53.4 Å². The molecule has 7 heteroatoms. The molecule has 1 aliphatic carbocycles. The van der Waals surface area contributed by atoms with Crippen LogP contribution in [-0.2, 0) is 4.79 Å². The van der Waals surface area contributed by atoms with Crippen molar-refractivity contribution in [2.75, 3.05) is 13.7 Å². The number of hydrogen-bond acceptors (Lipinski definition) is 4. The quantitative estimate of drug-likeness (QED) is 0.689. The van der Waals surface area contributed by atoms with E-state index in [0.29, 0.717) is 0 Å². The van der Waals surface area contributed by atoms with Gasteiger partial charge in [0.15, 0.2) is 0 Å². The van der Waals surface area contributed by atoms with Crippen molar-refractivity contribution in [1.29, 1.82) is 0 Å². The lowest BCUT2D eigenvalue weighted by Crippen LogP contribution is -2.46. The number of halogens is 1. The third-order valence-corrected chi connectivity index (χ3v) is 4.81. The third-order valence-electron chi connectivity index (χ3n) is 4.19. The summed E-state index contributed by atoms with van der Waals surface area (Å²) in [5.74, 6) is 0.414. The molecule has 1 aromatic carbocycles. The highest BCUT2D eigenvalue weighted by Crippen LogP contribution is 2.27. The van der Waals surface area contributed by atoms with Crippen molar-refractivity contribution < 1.29 is 14.3 Å². The van der Waals surface area contributed by atoms with E-state index >= 15 is 0 Å². The second-order valence-corrected chi connectivity index (χ2v) is 6.85. The SMILES string of the molecule is COc1ccc([C@H](C)NCC(=O)NC(=O)NC2CCCC2)cc1Br. The van der Waals surface area contributed by atoms with Crippen LogP contribution in [0.15, 0.2) is 22.7 Å². The van der Waals surface area contributed by atoms with E-state index in [0.717, 1.165) is 41.5 Å². The first kappa shape index (κ1) is 18.7. The molecule has 24 heavy (non-hydrogen) atoms. The van der Waals surface area contributed by atoms with Gasteiger partial charge in [0.2, 0.25) is 5.91 Å². The zero-order valence-electron chi connectivity index (χ0n) is 14.0. The fourth-order valence-electron chi connectivity index (χ4n) is 2.78. The molecule has 0 spiro atoms. The number of benzene rings is 1. The molecular formula is C17H24BrN3O3. The molecule has 0 heterocycles. The average molecular weight is 398 g/mol. The Morgan fingerprint density at radius 3 is 2.67 bits per heavy atom. The summed E-state index contributed by atoms with van der Waals surface area (Å²) < 4.78 is 6.06. The Morgan fingerprint density at radius 1 is 1.33 bits per heavy atom. The summed E-state index contributed by atoms with van der Waals surface area (Å²) in [4.78, 5) is 23.6. The van der Waals surface area contributed by atoms with Crippen molar-refractivity contribution in [2.24, 2.45) is 0 Å². The standard InChI is InChI=1S/C17H24BrN3O3/c1-11(12-7-8-15(24-2)14(18)9-12)19-10-16(22)21-17(23)20-13-5-3-4-6-13/h7-9,11,13,19H,3-6,10H2,1-2H3,(H2,20,21,22,23)/t11-/m0/s1. The van der Waals surface area contributed by atoms with Crippen LogP contribution in [0, 0.1) is 0 Å². The highest BCUT2D eigenvalue weighted by atomic mass is 79.9. The van der Waals surface area contributed by atoms with E-state index in [2.05, 4.69) is 31.9 Å². The molecule has 0 bridgehead atoms. The van der Waals surface area contributed by atoms with Crippen molar-refractivity contribution >= 4 is 27.9 Å². The second-order valence-electron chi connectivity index (χ2n) is 6.00. The van der Waals surface area contributed by atoms with E-state index in [1.807, 2.05) is 25.1 Å². The number of carbonyl (C=O) groups is 2. The van der Waals surface area contributed by atoms with Crippen LogP contribution in [0.3, 0.4) is 0 Å². The summed E-state index contributed by atoms with van der Waals surface area (Å²) in [6.07, 6.45) is 4.25. The summed E-state index contributed by atoms with van der Waals surface area (Å²) in [6, 6.07) is 5.51. The van der Waals surface area contributed by atoms with E-state index in [-0.39, 0.29) is 24.5 Å². The molecule has 0 unspecified atom stereocenters. The van der Waals surface area contributed by atoms with Gasteiger partial charge in [-0.3, -0.25) is 10.1 Å². The molecule has 1 atom stereocenters. The van der Waals surface area contributed by atoms with Crippen LogP contribution >= 0.6 is 15.9 Å². The maximum Gasteiger partial charge on any atom is 0.321 e. The molecule has 3 N–H and O–H groups in total. The Labute approximate surface area is 150 Å². The van der Waals surface area contributed by atoms with E-state index in [9.17, 15) is 9.59 Å². The topological polar surface area (TPSA) is 79.5 Å². The normalized spacial score (nSPS) is 15.8. The predicted octanol–water partition coefficient (Wildman–Crippen LogP) is 2.88. The van der Waals surface area contributed by atoms with Gasteiger partial charge >= 0.3 is 6.03 Å². The molecule has 0 saturated heterocycles. The van der Waals surface area contributed by atoms with Crippen LogP contribution in [0.4, 0.5) is 4.79 Å². The molecule has 3 amide bonds. The third kappa shape index (κ3) is 5.49. The van der Waals surface area contributed by atoms with Crippen molar-refractivity contribution in [3.63, 3.8) is 0 Å². The van der Waals surface area contributed by atoms with Crippen molar-refractivity contribution in [2.45, 2.75) is 44.7 Å². The number of methoxy groups -OCH3 is 1. The van der Waals surface area contributed by atoms with Crippen LogP contribution in [0.1, 0.15) is 44.2 Å². The van der Waals surface area contributed by atoms with Gasteiger partial charge in [0.05, 0.1) is 18.1 Å². The van der Waals surface area contributed by atoms with Crippen LogP contribution in [-0.4, -0.2) is 31.6 Å². The lowest BCUT2D eigenvalue weighted by atomic mass is 10.1. The maximum atomic E-state index is 11.9. The number of carbonyl (C=O) groups excluding carboxylic acids is 2. The number of hydrogen-bond donors (Lipinski definition) is 3. The fourth-order valence-corrected chi connectivity index (χ4v) is 3.34. The van der Waals surface area contributed by atoms with Crippen LogP contribution < -0.4 is 20.7 Å². The minimum Gasteiger partial charge on any atom is -0.496 e. The molecule has 132 valence electrons. The number of ether oxygens (including phenoxy) is 1. The van der Waals surface area contributed by atoms with Crippen LogP contribution in [0.5, 0.6) is 5.75 Å². The van der Waals surface area contributed by atoms with Gasteiger partial charge in [0, 0.05) is 12.1 Å². The molecule has 1 aliphatic rings. The highest BCUT2D eigenvalue weighted by Gasteiger charge is 2.18. The number of imide groups is 1. The van der Waals surface area contributed by atoms with E-state index in [1.54, 1.807) is 7.11 Å². The van der Waals surface area contributed by atoms with Gasteiger partial charge in [-0.2, -0.15) is 0 Å². The first-order valence-electron chi connectivity index (χ1n) is 8.16. The van der Waals surface area contributed by atoms with Gasteiger partial charge in [-0.1, -0.05) is 18.9 Å². The largest absolute Gasteiger partial charge is 0.496 e. The molecule has 1 saturated carbocycles. The first-order valence-corrected chi connectivity index (χ1v) is 8.96. The van der Waals surface area contributed by atoms with Gasteiger partial charge in [-0.25, -0.2) is 4.79 Å².